The van der Waals surface area contributed by atoms with Gasteiger partial charge in [0.05, 0.1) is 22.8 Å². The zero-order valence-electron chi connectivity index (χ0n) is 12.4. The van der Waals surface area contributed by atoms with Gasteiger partial charge < -0.3 is 10.6 Å². The van der Waals surface area contributed by atoms with Crippen molar-refractivity contribution >= 4 is 34.7 Å². The van der Waals surface area contributed by atoms with Gasteiger partial charge in [0.1, 0.15) is 6.07 Å². The predicted octanol–water partition coefficient (Wildman–Crippen LogP) is 3.46. The fourth-order valence-electron chi connectivity index (χ4n) is 2.00. The first-order valence-corrected chi connectivity index (χ1v) is 7.22. The Kier molecular flexibility index (Phi) is 5.34. The average molecular weight is 328 g/mol. The zero-order chi connectivity index (χ0) is 16.8. The van der Waals surface area contributed by atoms with Crippen LogP contribution in [0, 0.1) is 11.3 Å². The van der Waals surface area contributed by atoms with Gasteiger partial charge in [-0.3, -0.25) is 9.59 Å². The molecular formula is C17H14ClN3O2. The molecule has 2 N–H and O–H groups in total. The number of nitriles is 1. The normalized spacial score (nSPS) is 9.78. The molecule has 0 bridgehead atoms. The number of ketones is 1. The van der Waals surface area contributed by atoms with Crippen molar-refractivity contribution in [2.24, 2.45) is 0 Å². The quantitative estimate of drug-likeness (QED) is 0.824. The third kappa shape index (κ3) is 4.31. The van der Waals surface area contributed by atoms with E-state index in [1.54, 1.807) is 42.5 Å². The molecule has 2 aromatic rings. The van der Waals surface area contributed by atoms with Gasteiger partial charge in [0.15, 0.2) is 5.78 Å². The molecule has 0 spiro atoms. The molecule has 0 atom stereocenters. The minimum Gasteiger partial charge on any atom is -0.376 e. The van der Waals surface area contributed by atoms with Gasteiger partial charge in [-0.25, -0.2) is 0 Å². The number of nitrogens with one attached hydrogen (secondary N) is 2. The third-order valence-corrected chi connectivity index (χ3v) is 3.45. The molecule has 6 heteroatoms. The van der Waals surface area contributed by atoms with Crippen LogP contribution in [0.4, 0.5) is 11.4 Å². The van der Waals surface area contributed by atoms with Crippen LogP contribution in [0.15, 0.2) is 42.5 Å². The molecule has 0 aliphatic carbocycles. The molecular weight excluding hydrogens is 314 g/mol. The molecule has 0 heterocycles. The number of Topliss-reactive ketones (excluding diaryl/α,β-unsaturated/α-hetero) is 1. The van der Waals surface area contributed by atoms with E-state index in [-0.39, 0.29) is 18.2 Å². The molecule has 23 heavy (non-hydrogen) atoms. The monoisotopic (exact) mass is 327 g/mol. The highest BCUT2D eigenvalue weighted by Crippen LogP contribution is 2.19. The smallest absolute Gasteiger partial charge is 0.243 e. The predicted molar refractivity (Wildman–Crippen MR) is 89.7 cm³/mol. The topological polar surface area (TPSA) is 82.0 Å². The lowest BCUT2D eigenvalue weighted by atomic mass is 10.1. The SMILES string of the molecule is CC(=O)c1ccccc1NC(=O)CNc1ccc(Cl)c(C#N)c1. The molecule has 0 aliphatic heterocycles. The summed E-state index contributed by atoms with van der Waals surface area (Å²) < 4.78 is 0. The summed E-state index contributed by atoms with van der Waals surface area (Å²) >= 11 is 5.85. The van der Waals surface area contributed by atoms with Gasteiger partial charge in [-0.1, -0.05) is 23.7 Å². The number of halogens is 1. The van der Waals surface area contributed by atoms with E-state index < -0.39 is 0 Å². The molecule has 2 rings (SSSR count). The van der Waals surface area contributed by atoms with Crippen LogP contribution in [-0.2, 0) is 4.79 Å². The molecule has 0 radical (unpaired) electrons. The summed E-state index contributed by atoms with van der Waals surface area (Å²) in [5.74, 6) is -0.419. The Hall–Kier alpha value is -2.84. The largest absolute Gasteiger partial charge is 0.376 e. The summed E-state index contributed by atoms with van der Waals surface area (Å²) in [6.45, 7) is 1.44. The lowest BCUT2D eigenvalue weighted by Crippen LogP contribution is -2.22. The third-order valence-electron chi connectivity index (χ3n) is 3.12. The van der Waals surface area contributed by atoms with E-state index in [4.69, 9.17) is 16.9 Å². The van der Waals surface area contributed by atoms with Crippen molar-refractivity contribution in [1.82, 2.24) is 0 Å². The average Bonchev–Trinajstić information content (AvgIpc) is 2.54. The Bertz CT molecular complexity index is 797. The number of hydrogen-bond donors (Lipinski definition) is 2. The molecule has 0 aliphatic rings. The number of carbonyl (C=O) groups is 2. The molecule has 0 aromatic heterocycles. The minimum absolute atomic E-state index is 0.00125. The number of amides is 1. The van der Waals surface area contributed by atoms with Gasteiger partial charge in [-0.15, -0.1) is 0 Å². The van der Waals surface area contributed by atoms with Crippen LogP contribution in [-0.4, -0.2) is 18.2 Å². The number of rotatable bonds is 5. The van der Waals surface area contributed by atoms with Gasteiger partial charge in [-0.05, 0) is 37.3 Å². The Morgan fingerprint density at radius 3 is 2.65 bits per heavy atom. The van der Waals surface area contributed by atoms with E-state index >= 15 is 0 Å². The molecule has 116 valence electrons. The number of hydrogen-bond acceptors (Lipinski definition) is 4. The van der Waals surface area contributed by atoms with Crippen LogP contribution in [0.5, 0.6) is 0 Å². The summed E-state index contributed by atoms with van der Waals surface area (Å²) in [7, 11) is 0. The Morgan fingerprint density at radius 2 is 1.96 bits per heavy atom. The summed E-state index contributed by atoms with van der Waals surface area (Å²) in [4.78, 5) is 23.5. The molecule has 0 saturated heterocycles. The number of carbonyl (C=O) groups excluding carboxylic acids is 2. The minimum atomic E-state index is -0.299. The van der Waals surface area contributed by atoms with Gasteiger partial charge in [0, 0.05) is 11.3 Å². The van der Waals surface area contributed by atoms with Gasteiger partial charge in [-0.2, -0.15) is 5.26 Å². The molecule has 2 aromatic carbocycles. The van der Waals surface area contributed by atoms with Crippen LogP contribution in [0.25, 0.3) is 0 Å². The van der Waals surface area contributed by atoms with Crippen LogP contribution < -0.4 is 10.6 Å². The van der Waals surface area contributed by atoms with Crippen molar-refractivity contribution in [3.05, 3.63) is 58.6 Å². The second kappa shape index (κ2) is 7.43. The molecule has 0 saturated carbocycles. The van der Waals surface area contributed by atoms with Gasteiger partial charge >= 0.3 is 0 Å². The van der Waals surface area contributed by atoms with Crippen LogP contribution >= 0.6 is 11.6 Å². The van der Waals surface area contributed by atoms with Gasteiger partial charge in [0.25, 0.3) is 0 Å². The Morgan fingerprint density at radius 1 is 1.22 bits per heavy atom. The number of benzene rings is 2. The van der Waals surface area contributed by atoms with Crippen LogP contribution in [0.2, 0.25) is 5.02 Å². The van der Waals surface area contributed by atoms with E-state index in [9.17, 15) is 9.59 Å². The number of anilines is 2. The molecule has 5 nitrogen and oxygen atoms in total. The van der Waals surface area contributed by atoms with Crippen molar-refractivity contribution in [2.75, 3.05) is 17.2 Å². The first-order chi connectivity index (χ1) is 11.0. The summed E-state index contributed by atoms with van der Waals surface area (Å²) in [5.41, 5.74) is 1.87. The maximum atomic E-state index is 12.0. The fourth-order valence-corrected chi connectivity index (χ4v) is 2.16. The van der Waals surface area contributed by atoms with Crippen molar-refractivity contribution in [3.8, 4) is 6.07 Å². The molecule has 1 amide bonds. The van der Waals surface area contributed by atoms with E-state index in [0.29, 0.717) is 27.5 Å². The van der Waals surface area contributed by atoms with Crippen molar-refractivity contribution in [2.45, 2.75) is 6.92 Å². The highest BCUT2D eigenvalue weighted by Gasteiger charge is 2.09. The zero-order valence-corrected chi connectivity index (χ0v) is 13.1. The standard InChI is InChI=1S/C17H14ClN3O2/c1-11(22)14-4-2-3-5-16(14)21-17(23)10-20-13-6-7-15(18)12(8-13)9-19/h2-8,20H,10H2,1H3,(H,21,23). The maximum absolute atomic E-state index is 12.0. The Balaban J connectivity index is 2.01. The maximum Gasteiger partial charge on any atom is 0.243 e. The lowest BCUT2D eigenvalue weighted by molar-refractivity contribution is -0.114. The number of nitrogens with zero attached hydrogens (tertiary/aromatic N) is 1. The van der Waals surface area contributed by atoms with E-state index in [2.05, 4.69) is 10.6 Å². The van der Waals surface area contributed by atoms with Crippen molar-refractivity contribution in [1.29, 1.82) is 5.26 Å². The van der Waals surface area contributed by atoms with Crippen LogP contribution in [0.1, 0.15) is 22.8 Å². The Labute approximate surface area is 138 Å². The second-order valence-corrected chi connectivity index (χ2v) is 5.22. The van der Waals surface area contributed by atoms with Crippen molar-refractivity contribution < 1.29 is 9.59 Å². The fraction of sp³-hybridized carbons (Fsp3) is 0.118. The number of para-hydroxylation sites is 1. The molecule has 0 unspecified atom stereocenters. The van der Waals surface area contributed by atoms with Crippen molar-refractivity contribution in [3.63, 3.8) is 0 Å². The van der Waals surface area contributed by atoms with Crippen LogP contribution in [0.3, 0.4) is 0 Å². The highest BCUT2D eigenvalue weighted by molar-refractivity contribution is 6.31. The van der Waals surface area contributed by atoms with E-state index in [1.165, 1.54) is 6.92 Å². The van der Waals surface area contributed by atoms with Gasteiger partial charge in [0.2, 0.25) is 5.91 Å². The summed E-state index contributed by atoms with van der Waals surface area (Å²) in [6, 6.07) is 13.6. The summed E-state index contributed by atoms with van der Waals surface area (Å²) in [6.07, 6.45) is 0. The highest BCUT2D eigenvalue weighted by atomic mass is 35.5. The summed E-state index contributed by atoms with van der Waals surface area (Å²) in [5, 5.41) is 14.9. The lowest BCUT2D eigenvalue weighted by Gasteiger charge is -2.10. The first-order valence-electron chi connectivity index (χ1n) is 6.84. The second-order valence-electron chi connectivity index (χ2n) is 4.81. The van der Waals surface area contributed by atoms with E-state index in [1.807, 2.05) is 6.07 Å². The first kappa shape index (κ1) is 16.5. The van der Waals surface area contributed by atoms with E-state index in [0.717, 1.165) is 0 Å². The molecule has 0 fully saturated rings.